The predicted octanol–water partition coefficient (Wildman–Crippen LogP) is 0.823. The second-order valence-electron chi connectivity index (χ2n) is 4.32. The Kier molecular flexibility index (Phi) is 3.59. The topological polar surface area (TPSA) is 81.2 Å². The van der Waals surface area contributed by atoms with Gasteiger partial charge < -0.3 is 5.73 Å². The van der Waals surface area contributed by atoms with Gasteiger partial charge in [0.05, 0.1) is 11.9 Å². The second kappa shape index (κ2) is 5.02. The smallest absolute Gasteiger partial charge is 0.245 e. The third-order valence-corrected chi connectivity index (χ3v) is 4.65. The molecule has 2 aromatic rings. The first kappa shape index (κ1) is 13.6. The Morgan fingerprint density at radius 3 is 2.63 bits per heavy atom. The number of aryl methyl sites for hydroxylation is 1. The van der Waals surface area contributed by atoms with E-state index in [0.717, 1.165) is 5.56 Å². The summed E-state index contributed by atoms with van der Waals surface area (Å²) in [5, 5.41) is 4.01. The van der Waals surface area contributed by atoms with Crippen molar-refractivity contribution in [3.8, 4) is 0 Å². The molecule has 0 spiro atoms. The summed E-state index contributed by atoms with van der Waals surface area (Å²) in [5.41, 5.74) is 6.79. The molecule has 0 aliphatic carbocycles. The van der Waals surface area contributed by atoms with Gasteiger partial charge in [-0.25, -0.2) is 8.42 Å². The van der Waals surface area contributed by atoms with Crippen LogP contribution in [0.1, 0.15) is 5.56 Å². The molecule has 0 saturated carbocycles. The van der Waals surface area contributed by atoms with Crippen molar-refractivity contribution < 1.29 is 8.42 Å². The molecule has 0 unspecified atom stereocenters. The zero-order valence-corrected chi connectivity index (χ0v) is 11.6. The number of anilines is 1. The summed E-state index contributed by atoms with van der Waals surface area (Å²) in [6.45, 7) is 0.254. The van der Waals surface area contributed by atoms with Crippen LogP contribution < -0.4 is 5.73 Å². The SMILES string of the molecule is CN(Cc1cnn(C)c1)S(=O)(=O)c1ccccc1N. The Morgan fingerprint density at radius 2 is 2.05 bits per heavy atom. The van der Waals surface area contributed by atoms with Crippen LogP contribution in [0.3, 0.4) is 0 Å². The number of nitrogens with zero attached hydrogens (tertiary/aromatic N) is 3. The maximum absolute atomic E-state index is 12.4. The van der Waals surface area contributed by atoms with Crippen LogP contribution >= 0.6 is 0 Å². The molecule has 6 nitrogen and oxygen atoms in total. The van der Waals surface area contributed by atoms with Gasteiger partial charge in [0, 0.05) is 32.4 Å². The second-order valence-corrected chi connectivity index (χ2v) is 6.33. The summed E-state index contributed by atoms with van der Waals surface area (Å²) in [7, 11) is -0.280. The zero-order chi connectivity index (χ0) is 14.0. The zero-order valence-electron chi connectivity index (χ0n) is 10.8. The van der Waals surface area contributed by atoms with Gasteiger partial charge in [0.15, 0.2) is 0 Å². The molecule has 1 aromatic heterocycles. The summed E-state index contributed by atoms with van der Waals surface area (Å²) in [6.07, 6.45) is 3.42. The first-order valence-corrected chi connectivity index (χ1v) is 7.13. The molecule has 102 valence electrons. The molecular weight excluding hydrogens is 264 g/mol. The molecule has 19 heavy (non-hydrogen) atoms. The molecule has 1 heterocycles. The standard InChI is InChI=1S/C12H16N4O2S/c1-15-8-10(7-14-15)9-16(2)19(17,18)12-6-4-3-5-11(12)13/h3-8H,9,13H2,1-2H3. The van der Waals surface area contributed by atoms with E-state index in [4.69, 9.17) is 5.73 Å². The molecule has 0 aliphatic heterocycles. The van der Waals surface area contributed by atoms with E-state index in [1.54, 1.807) is 42.3 Å². The highest BCUT2D eigenvalue weighted by atomic mass is 32.2. The van der Waals surface area contributed by atoms with Gasteiger partial charge in [-0.3, -0.25) is 4.68 Å². The Labute approximate surface area is 112 Å². The van der Waals surface area contributed by atoms with Crippen molar-refractivity contribution in [3.63, 3.8) is 0 Å². The van der Waals surface area contributed by atoms with E-state index in [-0.39, 0.29) is 17.1 Å². The molecule has 0 amide bonds. The maximum atomic E-state index is 12.4. The number of rotatable bonds is 4. The van der Waals surface area contributed by atoms with E-state index in [9.17, 15) is 8.42 Å². The number of nitrogen functional groups attached to an aromatic ring is 1. The molecule has 0 aliphatic rings. The number of hydrogen-bond donors (Lipinski definition) is 1. The van der Waals surface area contributed by atoms with Crippen molar-refractivity contribution >= 4 is 15.7 Å². The van der Waals surface area contributed by atoms with Crippen molar-refractivity contribution in [3.05, 3.63) is 42.2 Å². The number of aromatic nitrogens is 2. The summed E-state index contributed by atoms with van der Waals surface area (Å²) < 4.78 is 27.7. The number of hydrogen-bond acceptors (Lipinski definition) is 4. The van der Waals surface area contributed by atoms with Gasteiger partial charge in [-0.2, -0.15) is 9.40 Å². The highest BCUT2D eigenvalue weighted by molar-refractivity contribution is 7.89. The number of nitrogens with two attached hydrogens (primary N) is 1. The number of benzene rings is 1. The Bertz CT molecular complexity index is 679. The van der Waals surface area contributed by atoms with E-state index in [1.165, 1.54) is 17.4 Å². The van der Waals surface area contributed by atoms with Crippen LogP contribution in [0, 0.1) is 0 Å². The third-order valence-electron chi connectivity index (χ3n) is 2.77. The van der Waals surface area contributed by atoms with Crippen LogP contribution in [0.25, 0.3) is 0 Å². The van der Waals surface area contributed by atoms with Gasteiger partial charge in [0.2, 0.25) is 10.0 Å². The Balaban J connectivity index is 2.27. The number of sulfonamides is 1. The highest BCUT2D eigenvalue weighted by Gasteiger charge is 2.23. The quantitative estimate of drug-likeness (QED) is 0.841. The lowest BCUT2D eigenvalue weighted by Crippen LogP contribution is -2.27. The third kappa shape index (κ3) is 2.77. The molecule has 0 bridgehead atoms. The minimum atomic E-state index is -3.59. The van der Waals surface area contributed by atoms with Gasteiger partial charge in [0.25, 0.3) is 0 Å². The van der Waals surface area contributed by atoms with Crippen LogP contribution in [0.4, 0.5) is 5.69 Å². The van der Waals surface area contributed by atoms with Gasteiger partial charge in [0.1, 0.15) is 4.90 Å². The van der Waals surface area contributed by atoms with Crippen LogP contribution in [0.2, 0.25) is 0 Å². The maximum Gasteiger partial charge on any atom is 0.245 e. The first-order chi connectivity index (χ1) is 8.91. The summed E-state index contributed by atoms with van der Waals surface area (Å²) in [4.78, 5) is 0.126. The van der Waals surface area contributed by atoms with E-state index < -0.39 is 10.0 Å². The van der Waals surface area contributed by atoms with Gasteiger partial charge in [-0.1, -0.05) is 12.1 Å². The fourth-order valence-corrected chi connectivity index (χ4v) is 3.05. The average molecular weight is 280 g/mol. The van der Waals surface area contributed by atoms with E-state index in [0.29, 0.717) is 0 Å². The van der Waals surface area contributed by atoms with Gasteiger partial charge in [-0.15, -0.1) is 0 Å². The minimum Gasteiger partial charge on any atom is -0.398 e. The van der Waals surface area contributed by atoms with Crippen LogP contribution in [-0.2, 0) is 23.6 Å². The summed E-state index contributed by atoms with van der Waals surface area (Å²) >= 11 is 0. The lowest BCUT2D eigenvalue weighted by molar-refractivity contribution is 0.467. The minimum absolute atomic E-state index is 0.126. The van der Waals surface area contributed by atoms with Crippen LogP contribution in [0.15, 0.2) is 41.6 Å². The molecule has 0 fully saturated rings. The molecule has 0 radical (unpaired) electrons. The number of para-hydroxylation sites is 1. The van der Waals surface area contributed by atoms with Gasteiger partial charge >= 0.3 is 0 Å². The van der Waals surface area contributed by atoms with Crippen molar-refractivity contribution in [1.82, 2.24) is 14.1 Å². The highest BCUT2D eigenvalue weighted by Crippen LogP contribution is 2.22. The molecule has 2 N–H and O–H groups in total. The van der Waals surface area contributed by atoms with Crippen molar-refractivity contribution in [2.75, 3.05) is 12.8 Å². The van der Waals surface area contributed by atoms with E-state index in [1.807, 2.05) is 0 Å². The lowest BCUT2D eigenvalue weighted by Gasteiger charge is -2.17. The Hall–Kier alpha value is -1.86. The van der Waals surface area contributed by atoms with Crippen LogP contribution in [-0.4, -0.2) is 29.6 Å². The monoisotopic (exact) mass is 280 g/mol. The van der Waals surface area contributed by atoms with E-state index in [2.05, 4.69) is 5.10 Å². The summed E-state index contributed by atoms with van der Waals surface area (Å²) in [6, 6.07) is 6.44. The Morgan fingerprint density at radius 1 is 1.37 bits per heavy atom. The van der Waals surface area contributed by atoms with Crippen molar-refractivity contribution in [2.24, 2.45) is 7.05 Å². The largest absolute Gasteiger partial charge is 0.398 e. The molecule has 2 rings (SSSR count). The summed E-state index contributed by atoms with van der Waals surface area (Å²) in [5.74, 6) is 0. The molecule has 0 atom stereocenters. The molecule has 0 saturated heterocycles. The molecule has 7 heteroatoms. The lowest BCUT2D eigenvalue weighted by atomic mass is 10.3. The first-order valence-electron chi connectivity index (χ1n) is 5.69. The fraction of sp³-hybridized carbons (Fsp3) is 0.250. The normalized spacial score (nSPS) is 11.9. The fourth-order valence-electron chi connectivity index (χ4n) is 1.78. The molecular formula is C12H16N4O2S. The molecule has 1 aromatic carbocycles. The van der Waals surface area contributed by atoms with E-state index >= 15 is 0 Å². The van der Waals surface area contributed by atoms with Crippen LogP contribution in [0.5, 0.6) is 0 Å². The van der Waals surface area contributed by atoms with Gasteiger partial charge in [-0.05, 0) is 12.1 Å². The predicted molar refractivity (Wildman–Crippen MR) is 72.7 cm³/mol. The van der Waals surface area contributed by atoms with Crippen molar-refractivity contribution in [1.29, 1.82) is 0 Å². The van der Waals surface area contributed by atoms with Crippen molar-refractivity contribution in [2.45, 2.75) is 11.4 Å². The average Bonchev–Trinajstić information content (AvgIpc) is 2.75.